The molecule has 0 aromatic carbocycles. The summed E-state index contributed by atoms with van der Waals surface area (Å²) in [5, 5.41) is 0. The molecule has 1 aliphatic heterocycles. The summed E-state index contributed by atoms with van der Waals surface area (Å²) in [6.45, 7) is 3.61. The Labute approximate surface area is 158 Å². The number of halogens is 2. The molecule has 2 unspecified atom stereocenters. The molecule has 1 fully saturated rings. The number of rotatable bonds is 4. The van der Waals surface area contributed by atoms with E-state index in [1.54, 1.807) is 0 Å². The van der Waals surface area contributed by atoms with E-state index in [9.17, 15) is 4.79 Å². The van der Waals surface area contributed by atoms with E-state index in [1.807, 2.05) is 0 Å². The Bertz CT molecular complexity index is 304. The highest BCUT2D eigenvalue weighted by Gasteiger charge is 2.42. The molecule has 122 valence electrons. The molecular formula is C14H30I2N2O2. The molecule has 0 aliphatic carbocycles. The number of piperidine rings is 1. The van der Waals surface area contributed by atoms with E-state index < -0.39 is 0 Å². The first kappa shape index (κ1) is 23.1. The molecule has 6 heteroatoms. The highest BCUT2D eigenvalue weighted by Crippen LogP contribution is 2.28. The third-order valence-corrected chi connectivity index (χ3v) is 4.32. The van der Waals surface area contributed by atoms with Gasteiger partial charge >= 0.3 is 5.97 Å². The van der Waals surface area contributed by atoms with Crippen molar-refractivity contribution in [3.8, 4) is 0 Å². The number of ether oxygens (including phenoxy) is 1. The average molecular weight is 512 g/mol. The van der Waals surface area contributed by atoms with Crippen LogP contribution in [0.1, 0.15) is 26.2 Å². The lowest BCUT2D eigenvalue weighted by molar-refractivity contribution is -0.934. The Morgan fingerprint density at radius 2 is 1.75 bits per heavy atom. The van der Waals surface area contributed by atoms with E-state index in [2.05, 4.69) is 42.2 Å². The molecule has 0 amide bonds. The van der Waals surface area contributed by atoms with Crippen LogP contribution in [0.15, 0.2) is 0 Å². The van der Waals surface area contributed by atoms with Gasteiger partial charge in [0.05, 0.1) is 41.3 Å². The molecule has 1 rings (SSSR count). The van der Waals surface area contributed by atoms with Crippen molar-refractivity contribution in [3.63, 3.8) is 0 Å². The maximum Gasteiger partial charge on any atom is 0.365 e. The van der Waals surface area contributed by atoms with Crippen molar-refractivity contribution < 1.29 is 66.5 Å². The van der Waals surface area contributed by atoms with Crippen molar-refractivity contribution in [2.45, 2.75) is 38.3 Å². The Morgan fingerprint density at radius 1 is 1.20 bits per heavy atom. The van der Waals surface area contributed by atoms with Crippen molar-refractivity contribution in [1.82, 2.24) is 0 Å². The van der Waals surface area contributed by atoms with E-state index in [4.69, 9.17) is 4.74 Å². The van der Waals surface area contributed by atoms with E-state index in [-0.39, 0.29) is 60.0 Å². The monoisotopic (exact) mass is 512 g/mol. The normalized spacial score (nSPS) is 25.1. The van der Waals surface area contributed by atoms with E-state index in [0.29, 0.717) is 12.6 Å². The minimum atomic E-state index is -0.0139. The Hall–Kier alpha value is 0.850. The number of carbonyl (C=O) groups excluding carboxylic acids is 1. The van der Waals surface area contributed by atoms with Gasteiger partial charge < -0.3 is 61.7 Å². The van der Waals surface area contributed by atoms with Gasteiger partial charge in [0.2, 0.25) is 0 Å². The van der Waals surface area contributed by atoms with Crippen molar-refractivity contribution in [1.29, 1.82) is 0 Å². The van der Waals surface area contributed by atoms with Crippen LogP contribution >= 0.6 is 0 Å². The molecule has 2 atom stereocenters. The first-order valence-electron chi connectivity index (χ1n) is 6.95. The van der Waals surface area contributed by atoms with Crippen LogP contribution in [0.3, 0.4) is 0 Å². The number of hydrogen-bond acceptors (Lipinski definition) is 2. The molecule has 0 aromatic rings. The average Bonchev–Trinajstić information content (AvgIpc) is 2.19. The van der Waals surface area contributed by atoms with Crippen LogP contribution in [0.5, 0.6) is 0 Å². The minimum absolute atomic E-state index is 0. The van der Waals surface area contributed by atoms with Crippen LogP contribution in [0, 0.1) is 0 Å². The molecular weight excluding hydrogens is 482 g/mol. The van der Waals surface area contributed by atoms with Crippen LogP contribution < -0.4 is 48.0 Å². The minimum Gasteiger partial charge on any atom is -1.00 e. The lowest BCUT2D eigenvalue weighted by Gasteiger charge is -2.44. The second-order valence-corrected chi connectivity index (χ2v) is 7.11. The van der Waals surface area contributed by atoms with E-state index >= 15 is 0 Å². The van der Waals surface area contributed by atoms with Gasteiger partial charge in [-0.3, -0.25) is 0 Å². The van der Waals surface area contributed by atoms with Crippen molar-refractivity contribution in [3.05, 3.63) is 0 Å². The molecule has 4 nitrogen and oxygen atoms in total. The summed E-state index contributed by atoms with van der Waals surface area (Å²) >= 11 is 0. The van der Waals surface area contributed by atoms with Gasteiger partial charge in [-0.25, -0.2) is 4.79 Å². The summed E-state index contributed by atoms with van der Waals surface area (Å²) in [5.74, 6) is -0.0139. The highest BCUT2D eigenvalue weighted by atomic mass is 127. The lowest BCUT2D eigenvalue weighted by Crippen LogP contribution is -3.00. The van der Waals surface area contributed by atoms with Crippen LogP contribution in [0.2, 0.25) is 0 Å². The van der Waals surface area contributed by atoms with Gasteiger partial charge in [0, 0.05) is 6.42 Å². The zero-order chi connectivity index (χ0) is 14.0. The van der Waals surface area contributed by atoms with Crippen LogP contribution in [0.4, 0.5) is 0 Å². The summed E-state index contributed by atoms with van der Waals surface area (Å²) < 4.78 is 7.06. The zero-order valence-electron chi connectivity index (χ0n) is 13.7. The summed E-state index contributed by atoms with van der Waals surface area (Å²) in [5.41, 5.74) is 0. The molecule has 1 aliphatic rings. The number of esters is 1. The number of nitrogens with zero attached hydrogens (tertiary/aromatic N) is 2. The van der Waals surface area contributed by atoms with Crippen LogP contribution in [0.25, 0.3) is 0 Å². The third-order valence-electron chi connectivity index (χ3n) is 4.32. The smallest absolute Gasteiger partial charge is 0.365 e. The largest absolute Gasteiger partial charge is 1.00 e. The second kappa shape index (κ2) is 9.09. The molecule has 1 heterocycles. The Morgan fingerprint density at radius 3 is 2.25 bits per heavy atom. The Kier molecular flexibility index (Phi) is 10.5. The molecule has 0 bridgehead atoms. The maximum absolute atomic E-state index is 12.2. The Balaban J connectivity index is 0. The number of likely N-dealkylation sites (tertiary alicyclic amines) is 1. The molecule has 0 aromatic heterocycles. The van der Waals surface area contributed by atoms with Crippen LogP contribution in [-0.4, -0.2) is 75.4 Å². The van der Waals surface area contributed by atoms with Gasteiger partial charge in [-0.05, 0) is 19.8 Å². The van der Waals surface area contributed by atoms with Gasteiger partial charge in [0.25, 0.3) is 0 Å². The second-order valence-electron chi connectivity index (χ2n) is 7.11. The quantitative estimate of drug-likeness (QED) is 0.215. The topological polar surface area (TPSA) is 26.3 Å². The van der Waals surface area contributed by atoms with Crippen molar-refractivity contribution >= 4 is 5.97 Å². The zero-order valence-corrected chi connectivity index (χ0v) is 18.0. The molecule has 20 heavy (non-hydrogen) atoms. The fourth-order valence-corrected chi connectivity index (χ4v) is 2.49. The lowest BCUT2D eigenvalue weighted by atomic mass is 9.94. The maximum atomic E-state index is 12.2. The summed E-state index contributed by atoms with van der Waals surface area (Å²) in [4.78, 5) is 12.2. The molecule has 0 saturated carbocycles. The fourth-order valence-electron chi connectivity index (χ4n) is 2.49. The van der Waals surface area contributed by atoms with Gasteiger partial charge in [-0.15, -0.1) is 0 Å². The predicted octanol–water partition coefficient (Wildman–Crippen LogP) is -4.74. The first-order chi connectivity index (χ1) is 8.14. The van der Waals surface area contributed by atoms with Gasteiger partial charge in [-0.2, -0.15) is 0 Å². The fraction of sp³-hybridized carbons (Fsp3) is 0.929. The van der Waals surface area contributed by atoms with Crippen molar-refractivity contribution in [2.24, 2.45) is 0 Å². The summed E-state index contributed by atoms with van der Waals surface area (Å²) in [6, 6.07) is 0.552. The highest BCUT2D eigenvalue weighted by molar-refractivity contribution is 5.74. The van der Waals surface area contributed by atoms with Crippen LogP contribution in [-0.2, 0) is 9.53 Å². The standard InChI is InChI=1S/C14H30N2O2.2HI/c1-12-8-7-9-13(16(12,5)6)14(17)18-11-10-15(2,3)4;;/h12-13H,7-11H2,1-6H3;2*1H/q+2;;/p-2. The number of carbonyl (C=O) groups is 1. The predicted molar refractivity (Wildman–Crippen MR) is 73.1 cm³/mol. The van der Waals surface area contributed by atoms with E-state index in [0.717, 1.165) is 28.4 Å². The number of hydrogen-bond donors (Lipinski definition) is 0. The summed E-state index contributed by atoms with van der Waals surface area (Å²) in [7, 11) is 10.6. The van der Waals surface area contributed by atoms with Gasteiger partial charge in [0.15, 0.2) is 6.04 Å². The van der Waals surface area contributed by atoms with Gasteiger partial charge in [-0.1, -0.05) is 0 Å². The number of quaternary nitrogens is 2. The van der Waals surface area contributed by atoms with Gasteiger partial charge in [0.1, 0.15) is 13.2 Å². The third kappa shape index (κ3) is 6.74. The molecule has 0 radical (unpaired) electrons. The molecule has 0 N–H and O–H groups in total. The first-order valence-corrected chi connectivity index (χ1v) is 6.95. The van der Waals surface area contributed by atoms with Crippen molar-refractivity contribution in [2.75, 3.05) is 48.4 Å². The SMILES string of the molecule is CC1CCCC(C(=O)OCC[N+](C)(C)C)[N+]1(C)C.[I-].[I-]. The number of likely N-dealkylation sites (N-methyl/N-ethyl adjacent to an activating group) is 2. The van der Waals surface area contributed by atoms with E-state index in [1.165, 1.54) is 6.42 Å². The molecule has 0 spiro atoms. The summed E-state index contributed by atoms with van der Waals surface area (Å²) in [6.07, 6.45) is 3.30. The molecule has 1 saturated heterocycles.